The third kappa shape index (κ3) is 5.80. The number of piperazine rings is 1. The summed E-state index contributed by atoms with van der Waals surface area (Å²) < 4.78 is 10.2. The average Bonchev–Trinajstić information content (AvgIpc) is 2.69. The van der Waals surface area contributed by atoms with Gasteiger partial charge in [0.25, 0.3) is 0 Å². The Kier molecular flexibility index (Phi) is 8.01. The van der Waals surface area contributed by atoms with Crippen molar-refractivity contribution in [1.29, 1.82) is 0 Å². The van der Waals surface area contributed by atoms with E-state index in [1.165, 1.54) is 0 Å². The van der Waals surface area contributed by atoms with Crippen LogP contribution in [0.15, 0.2) is 29.3 Å². The number of nitrogens with one attached hydrogen (secondary N) is 2. The molecule has 8 heteroatoms. The molecule has 1 saturated heterocycles. The molecular weight excluding hydrogens is 334 g/mol. The number of rotatable bonds is 7. The number of guanidine groups is 1. The van der Waals surface area contributed by atoms with E-state index in [2.05, 4.69) is 31.5 Å². The van der Waals surface area contributed by atoms with Crippen LogP contribution in [0.3, 0.4) is 0 Å². The molecule has 0 radical (unpaired) electrons. The smallest absolute Gasteiger partial charge is 0.239 e. The van der Waals surface area contributed by atoms with Gasteiger partial charge in [0.2, 0.25) is 5.91 Å². The number of carbonyl (C=O) groups excluding carboxylic acids is 1. The number of hydrogen-bond donors (Lipinski definition) is 2. The van der Waals surface area contributed by atoms with E-state index in [9.17, 15) is 4.79 Å². The lowest BCUT2D eigenvalue weighted by Crippen LogP contribution is -2.53. The number of methoxy groups -OCH3 is 2. The van der Waals surface area contributed by atoms with Crippen molar-refractivity contribution in [3.8, 4) is 5.75 Å². The number of amides is 1. The minimum absolute atomic E-state index is 0.0711. The van der Waals surface area contributed by atoms with Crippen molar-refractivity contribution in [1.82, 2.24) is 15.5 Å². The summed E-state index contributed by atoms with van der Waals surface area (Å²) >= 11 is 0. The van der Waals surface area contributed by atoms with Crippen molar-refractivity contribution in [2.24, 2.45) is 4.99 Å². The lowest BCUT2D eigenvalue weighted by Gasteiger charge is -2.37. The van der Waals surface area contributed by atoms with Crippen LogP contribution in [0.4, 0.5) is 5.69 Å². The van der Waals surface area contributed by atoms with Gasteiger partial charge < -0.3 is 29.9 Å². The van der Waals surface area contributed by atoms with E-state index in [4.69, 9.17) is 9.47 Å². The number of anilines is 1. The number of nitrogens with zero attached hydrogens (tertiary/aromatic N) is 3. The third-order valence-corrected chi connectivity index (χ3v) is 4.24. The van der Waals surface area contributed by atoms with E-state index in [-0.39, 0.29) is 12.5 Å². The second kappa shape index (κ2) is 10.5. The third-order valence-electron chi connectivity index (χ3n) is 4.24. The predicted octanol–water partition coefficient (Wildman–Crippen LogP) is 0.155. The summed E-state index contributed by atoms with van der Waals surface area (Å²) in [7, 11) is 5.02. The maximum atomic E-state index is 11.8. The molecule has 144 valence electrons. The molecule has 0 atom stereocenters. The fourth-order valence-electron chi connectivity index (χ4n) is 2.83. The summed E-state index contributed by atoms with van der Waals surface area (Å²) in [4.78, 5) is 20.6. The standard InChI is InChI=1S/C18H29N5O3/c1-19-18(21-14-17(24)20-7-12-25-2)23-10-8-22(9-11-23)15-5-4-6-16(13-15)26-3/h4-6,13H,7-12,14H2,1-3H3,(H,19,21)(H,20,24). The fraction of sp³-hybridized carbons (Fsp3) is 0.556. The molecule has 0 saturated carbocycles. The van der Waals surface area contributed by atoms with E-state index in [1.54, 1.807) is 21.3 Å². The summed E-state index contributed by atoms with van der Waals surface area (Å²) in [6.45, 7) is 4.65. The van der Waals surface area contributed by atoms with Gasteiger partial charge in [0, 0.05) is 58.6 Å². The largest absolute Gasteiger partial charge is 0.497 e. The van der Waals surface area contributed by atoms with Crippen molar-refractivity contribution in [2.75, 3.05) is 72.0 Å². The van der Waals surface area contributed by atoms with Crippen LogP contribution in [-0.4, -0.2) is 83.9 Å². The zero-order valence-electron chi connectivity index (χ0n) is 15.8. The van der Waals surface area contributed by atoms with Crippen molar-refractivity contribution < 1.29 is 14.3 Å². The molecule has 1 amide bonds. The molecule has 0 bridgehead atoms. The molecule has 8 nitrogen and oxygen atoms in total. The number of carbonyl (C=O) groups is 1. The molecule has 2 rings (SSSR count). The minimum atomic E-state index is -0.0711. The highest BCUT2D eigenvalue weighted by molar-refractivity contribution is 5.86. The molecule has 26 heavy (non-hydrogen) atoms. The van der Waals surface area contributed by atoms with Gasteiger partial charge in [-0.15, -0.1) is 0 Å². The number of ether oxygens (including phenoxy) is 2. The van der Waals surface area contributed by atoms with Gasteiger partial charge >= 0.3 is 0 Å². The molecule has 0 aromatic heterocycles. The van der Waals surface area contributed by atoms with Crippen LogP contribution in [-0.2, 0) is 9.53 Å². The summed E-state index contributed by atoms with van der Waals surface area (Å²) in [5.41, 5.74) is 1.16. The maximum Gasteiger partial charge on any atom is 0.239 e. The van der Waals surface area contributed by atoms with Crippen LogP contribution in [0, 0.1) is 0 Å². The molecule has 1 fully saturated rings. The van der Waals surface area contributed by atoms with Crippen molar-refractivity contribution >= 4 is 17.6 Å². The molecule has 0 spiro atoms. The molecule has 0 aliphatic carbocycles. The van der Waals surface area contributed by atoms with E-state index >= 15 is 0 Å². The van der Waals surface area contributed by atoms with Gasteiger partial charge in [-0.2, -0.15) is 0 Å². The molecule has 1 aromatic carbocycles. The monoisotopic (exact) mass is 363 g/mol. The Morgan fingerprint density at radius 1 is 1.19 bits per heavy atom. The summed E-state index contributed by atoms with van der Waals surface area (Å²) in [5, 5.41) is 5.91. The molecule has 1 aliphatic rings. The number of hydrogen-bond acceptors (Lipinski definition) is 5. The number of aliphatic imine (C=N–C) groups is 1. The molecule has 0 unspecified atom stereocenters. The topological polar surface area (TPSA) is 78.4 Å². The first-order chi connectivity index (χ1) is 12.7. The Morgan fingerprint density at radius 3 is 2.62 bits per heavy atom. The van der Waals surface area contributed by atoms with Crippen molar-refractivity contribution in [3.63, 3.8) is 0 Å². The van der Waals surface area contributed by atoms with Gasteiger partial charge in [-0.05, 0) is 12.1 Å². The first kappa shape index (κ1) is 19.8. The predicted molar refractivity (Wildman–Crippen MR) is 103 cm³/mol. The van der Waals surface area contributed by atoms with Gasteiger partial charge in [0.1, 0.15) is 5.75 Å². The van der Waals surface area contributed by atoms with Crippen LogP contribution < -0.4 is 20.3 Å². The highest BCUT2D eigenvalue weighted by Gasteiger charge is 2.20. The Bertz CT molecular complexity index is 600. The van der Waals surface area contributed by atoms with E-state index in [0.717, 1.165) is 43.6 Å². The molecule has 1 aromatic rings. The average molecular weight is 363 g/mol. The maximum absolute atomic E-state index is 11.8. The molecule has 2 N–H and O–H groups in total. The minimum Gasteiger partial charge on any atom is -0.497 e. The Morgan fingerprint density at radius 2 is 1.96 bits per heavy atom. The Hall–Kier alpha value is -2.48. The SMILES string of the molecule is CN=C(NCC(=O)NCCOC)N1CCN(c2cccc(OC)c2)CC1. The van der Waals surface area contributed by atoms with Gasteiger partial charge in [0.05, 0.1) is 20.3 Å². The quantitative estimate of drug-likeness (QED) is 0.408. The fourth-order valence-corrected chi connectivity index (χ4v) is 2.83. The van der Waals surface area contributed by atoms with Gasteiger partial charge in [-0.3, -0.25) is 9.79 Å². The molecule has 1 aliphatic heterocycles. The lowest BCUT2D eigenvalue weighted by molar-refractivity contribution is -0.120. The first-order valence-corrected chi connectivity index (χ1v) is 8.78. The van der Waals surface area contributed by atoms with E-state index < -0.39 is 0 Å². The van der Waals surface area contributed by atoms with Crippen LogP contribution in [0.5, 0.6) is 5.75 Å². The van der Waals surface area contributed by atoms with Gasteiger partial charge in [-0.1, -0.05) is 6.07 Å². The van der Waals surface area contributed by atoms with Crippen LogP contribution in [0.1, 0.15) is 0 Å². The summed E-state index contributed by atoms with van der Waals surface area (Å²) in [6.07, 6.45) is 0. The van der Waals surface area contributed by atoms with Crippen molar-refractivity contribution in [3.05, 3.63) is 24.3 Å². The highest BCUT2D eigenvalue weighted by Crippen LogP contribution is 2.22. The normalized spacial score (nSPS) is 15.0. The van der Waals surface area contributed by atoms with E-state index in [1.807, 2.05) is 18.2 Å². The van der Waals surface area contributed by atoms with Gasteiger partial charge in [0.15, 0.2) is 5.96 Å². The highest BCUT2D eigenvalue weighted by atomic mass is 16.5. The number of benzene rings is 1. The molecule has 1 heterocycles. The zero-order chi connectivity index (χ0) is 18.8. The van der Waals surface area contributed by atoms with Crippen LogP contribution >= 0.6 is 0 Å². The molecular formula is C18H29N5O3. The van der Waals surface area contributed by atoms with Crippen LogP contribution in [0.25, 0.3) is 0 Å². The van der Waals surface area contributed by atoms with Crippen LogP contribution in [0.2, 0.25) is 0 Å². The second-order valence-corrected chi connectivity index (χ2v) is 5.92. The Balaban J connectivity index is 1.80. The Labute approximate surface area is 155 Å². The summed E-state index contributed by atoms with van der Waals surface area (Å²) in [6, 6.07) is 8.09. The second-order valence-electron chi connectivity index (χ2n) is 5.92. The van der Waals surface area contributed by atoms with E-state index in [0.29, 0.717) is 13.2 Å². The summed E-state index contributed by atoms with van der Waals surface area (Å²) in [5.74, 6) is 1.54. The zero-order valence-corrected chi connectivity index (χ0v) is 15.8. The lowest BCUT2D eigenvalue weighted by atomic mass is 10.2. The first-order valence-electron chi connectivity index (χ1n) is 8.78. The van der Waals surface area contributed by atoms with Gasteiger partial charge in [-0.25, -0.2) is 0 Å². The van der Waals surface area contributed by atoms with Crippen molar-refractivity contribution in [2.45, 2.75) is 0 Å².